The minimum atomic E-state index is -0.568. The summed E-state index contributed by atoms with van der Waals surface area (Å²) in [7, 11) is 0. The number of aliphatic hydroxyl groups is 1. The molecule has 0 radical (unpaired) electrons. The fraction of sp³-hybridized carbons (Fsp3) is 0.828. The van der Waals surface area contributed by atoms with Crippen LogP contribution < -0.4 is 5.32 Å². The number of Topliss-reactive ketones (excluding diaryl/α,β-unsaturated/α-hetero) is 2. The number of hydrogen-bond acceptors (Lipinski definition) is 5. The van der Waals surface area contributed by atoms with Gasteiger partial charge in [0.1, 0.15) is 6.61 Å². The lowest BCUT2D eigenvalue weighted by atomic mass is 9.79. The standard InChI is InChI=1S/C29H49NO5/c1-4-5-6-7-8-9-12-27(32)26-19-22-13-15-23(16-14-22)35-17-10-11-24(28(33)20-31)25(18-21(2)3)29(34)30-26/h13,15,21-26,31H,4-12,14,16-20H2,1-3H3,(H,30,34)/t22?,23-,24-,25+,26-/m0/s1. The fourth-order valence-corrected chi connectivity index (χ4v) is 5.50. The highest BCUT2D eigenvalue weighted by Gasteiger charge is 2.36. The largest absolute Gasteiger partial charge is 0.389 e. The highest BCUT2D eigenvalue weighted by Crippen LogP contribution is 2.29. The van der Waals surface area contributed by atoms with E-state index in [0.29, 0.717) is 38.7 Å². The van der Waals surface area contributed by atoms with Crippen molar-refractivity contribution in [1.82, 2.24) is 5.32 Å². The van der Waals surface area contributed by atoms with E-state index in [-0.39, 0.29) is 35.4 Å². The lowest BCUT2D eigenvalue weighted by Crippen LogP contribution is -2.48. The number of fused-ring (bicyclic) bond motifs is 10. The van der Waals surface area contributed by atoms with Gasteiger partial charge in [-0.2, -0.15) is 0 Å². The monoisotopic (exact) mass is 491 g/mol. The van der Waals surface area contributed by atoms with Gasteiger partial charge in [-0.25, -0.2) is 0 Å². The van der Waals surface area contributed by atoms with E-state index >= 15 is 0 Å². The van der Waals surface area contributed by atoms with Gasteiger partial charge in [0.25, 0.3) is 0 Å². The summed E-state index contributed by atoms with van der Waals surface area (Å²) < 4.78 is 6.02. The second-order valence-corrected chi connectivity index (χ2v) is 11.0. The molecule has 6 heteroatoms. The van der Waals surface area contributed by atoms with Crippen molar-refractivity contribution in [3.63, 3.8) is 0 Å². The summed E-state index contributed by atoms with van der Waals surface area (Å²) >= 11 is 0. The summed E-state index contributed by atoms with van der Waals surface area (Å²) in [6.07, 6.45) is 15.6. The Bertz CT molecular complexity index is 689. The van der Waals surface area contributed by atoms with Crippen molar-refractivity contribution in [3.05, 3.63) is 12.2 Å². The second-order valence-electron chi connectivity index (χ2n) is 11.0. The van der Waals surface area contributed by atoms with Crippen LogP contribution in [0, 0.1) is 23.7 Å². The summed E-state index contributed by atoms with van der Waals surface area (Å²) in [6.45, 7) is 6.23. The van der Waals surface area contributed by atoms with Gasteiger partial charge in [0.05, 0.1) is 12.1 Å². The first-order chi connectivity index (χ1) is 16.8. The maximum Gasteiger partial charge on any atom is 0.224 e. The number of nitrogens with one attached hydrogen (secondary N) is 1. The summed E-state index contributed by atoms with van der Waals surface area (Å²) in [5.74, 6) is -1.08. The molecule has 200 valence electrons. The van der Waals surface area contributed by atoms with E-state index in [2.05, 4.69) is 24.4 Å². The Labute approximate surface area is 212 Å². The normalized spacial score (nSPS) is 28.0. The third-order valence-corrected chi connectivity index (χ3v) is 7.55. The van der Waals surface area contributed by atoms with E-state index in [1.54, 1.807) is 0 Å². The van der Waals surface area contributed by atoms with Crippen molar-refractivity contribution in [3.8, 4) is 0 Å². The third-order valence-electron chi connectivity index (χ3n) is 7.55. The Hall–Kier alpha value is -1.53. The lowest BCUT2D eigenvalue weighted by molar-refractivity contribution is -0.138. The van der Waals surface area contributed by atoms with Crippen LogP contribution in [0.1, 0.15) is 104 Å². The topological polar surface area (TPSA) is 92.7 Å². The van der Waals surface area contributed by atoms with Crippen molar-refractivity contribution in [1.29, 1.82) is 0 Å². The molecular formula is C29H49NO5. The molecule has 3 aliphatic rings. The Balaban J connectivity index is 2.19. The van der Waals surface area contributed by atoms with Crippen LogP contribution in [0.5, 0.6) is 0 Å². The molecule has 2 N–H and O–H groups in total. The molecule has 2 heterocycles. The zero-order valence-corrected chi connectivity index (χ0v) is 22.3. The quantitative estimate of drug-likeness (QED) is 0.290. The molecule has 3 rings (SSSR count). The molecule has 5 atom stereocenters. The Morgan fingerprint density at radius 3 is 2.46 bits per heavy atom. The number of hydrogen-bond donors (Lipinski definition) is 2. The molecule has 0 aromatic carbocycles. The molecule has 2 bridgehead atoms. The summed E-state index contributed by atoms with van der Waals surface area (Å²) in [5.41, 5.74) is 0. The fourth-order valence-electron chi connectivity index (χ4n) is 5.50. The molecule has 1 saturated heterocycles. The van der Waals surface area contributed by atoms with E-state index in [0.717, 1.165) is 32.1 Å². The van der Waals surface area contributed by atoms with Crippen LogP contribution in [0.4, 0.5) is 0 Å². The first kappa shape index (κ1) is 29.7. The zero-order chi connectivity index (χ0) is 25.6. The molecule has 1 fully saturated rings. The van der Waals surface area contributed by atoms with Gasteiger partial charge in [-0.1, -0.05) is 65.0 Å². The molecule has 0 aromatic heterocycles. The SMILES string of the molecule is CCCCCCCCC(=O)[C@@H]1CC2C=C[C@@H](CC2)OCCC[C@H](C(=O)CO)[C@@H](CC(C)C)C(=O)N1. The number of aliphatic hydroxyl groups excluding tert-OH is 1. The van der Waals surface area contributed by atoms with Gasteiger partial charge in [0.15, 0.2) is 11.6 Å². The van der Waals surface area contributed by atoms with Crippen molar-refractivity contribution in [2.75, 3.05) is 13.2 Å². The molecule has 0 saturated carbocycles. The Morgan fingerprint density at radius 1 is 1.06 bits per heavy atom. The van der Waals surface area contributed by atoms with Crippen molar-refractivity contribution in [2.45, 2.75) is 116 Å². The summed E-state index contributed by atoms with van der Waals surface area (Å²) in [6, 6.07) is -0.534. The molecule has 1 amide bonds. The van der Waals surface area contributed by atoms with E-state index in [9.17, 15) is 19.5 Å². The van der Waals surface area contributed by atoms with Crippen LogP contribution in [-0.2, 0) is 19.1 Å². The van der Waals surface area contributed by atoms with Gasteiger partial charge in [0.2, 0.25) is 5.91 Å². The summed E-state index contributed by atoms with van der Waals surface area (Å²) in [5, 5.41) is 12.7. The van der Waals surface area contributed by atoms with Gasteiger partial charge in [-0.05, 0) is 56.8 Å². The van der Waals surface area contributed by atoms with Crippen molar-refractivity contribution in [2.24, 2.45) is 23.7 Å². The number of carbonyl (C=O) groups excluding carboxylic acids is 3. The predicted molar refractivity (Wildman–Crippen MR) is 139 cm³/mol. The minimum Gasteiger partial charge on any atom is -0.389 e. The maximum absolute atomic E-state index is 13.6. The molecule has 0 spiro atoms. The van der Waals surface area contributed by atoms with E-state index in [1.807, 2.05) is 13.8 Å². The van der Waals surface area contributed by atoms with Gasteiger partial charge in [0, 0.05) is 24.9 Å². The molecular weight excluding hydrogens is 442 g/mol. The number of unbranched alkanes of at least 4 members (excludes halogenated alkanes) is 5. The molecule has 2 aliphatic heterocycles. The number of ether oxygens (including phenoxy) is 1. The highest BCUT2D eigenvalue weighted by atomic mass is 16.5. The van der Waals surface area contributed by atoms with Crippen LogP contribution in [-0.4, -0.2) is 47.9 Å². The second kappa shape index (κ2) is 16.3. The van der Waals surface area contributed by atoms with Crippen molar-refractivity contribution < 1.29 is 24.2 Å². The van der Waals surface area contributed by atoms with E-state index in [4.69, 9.17) is 4.74 Å². The Morgan fingerprint density at radius 2 is 1.80 bits per heavy atom. The van der Waals surface area contributed by atoms with Crippen LogP contribution in [0.3, 0.4) is 0 Å². The summed E-state index contributed by atoms with van der Waals surface area (Å²) in [4.78, 5) is 39.5. The van der Waals surface area contributed by atoms with Crippen LogP contribution >= 0.6 is 0 Å². The van der Waals surface area contributed by atoms with Crippen LogP contribution in [0.15, 0.2) is 12.2 Å². The number of carbonyl (C=O) groups is 3. The Kier molecular flexibility index (Phi) is 13.8. The number of ketones is 2. The smallest absolute Gasteiger partial charge is 0.224 e. The van der Waals surface area contributed by atoms with Crippen LogP contribution in [0.2, 0.25) is 0 Å². The molecule has 6 nitrogen and oxygen atoms in total. The highest BCUT2D eigenvalue weighted by molar-refractivity contribution is 5.93. The average Bonchev–Trinajstić information content (AvgIpc) is 2.84. The van der Waals surface area contributed by atoms with Gasteiger partial charge < -0.3 is 15.2 Å². The van der Waals surface area contributed by atoms with Gasteiger partial charge in [-0.3, -0.25) is 14.4 Å². The first-order valence-electron chi connectivity index (χ1n) is 14.1. The first-order valence-corrected chi connectivity index (χ1v) is 14.1. The van der Waals surface area contributed by atoms with E-state index < -0.39 is 24.5 Å². The predicted octanol–water partition coefficient (Wildman–Crippen LogP) is 5.17. The number of allylic oxidation sites excluding steroid dienone is 1. The molecule has 1 aliphatic carbocycles. The minimum absolute atomic E-state index is 0.0690. The molecule has 1 unspecified atom stereocenters. The van der Waals surface area contributed by atoms with Crippen molar-refractivity contribution >= 4 is 17.5 Å². The average molecular weight is 492 g/mol. The lowest BCUT2D eigenvalue weighted by Gasteiger charge is -2.31. The third kappa shape index (κ3) is 10.5. The van der Waals surface area contributed by atoms with Gasteiger partial charge >= 0.3 is 0 Å². The van der Waals surface area contributed by atoms with Gasteiger partial charge in [-0.15, -0.1) is 0 Å². The van der Waals surface area contributed by atoms with E-state index in [1.165, 1.54) is 19.3 Å². The maximum atomic E-state index is 13.6. The zero-order valence-electron chi connectivity index (χ0n) is 22.3. The molecule has 35 heavy (non-hydrogen) atoms. The molecule has 0 aromatic rings. The number of amides is 1. The number of rotatable bonds is 12. The van der Waals surface area contributed by atoms with Crippen LogP contribution in [0.25, 0.3) is 0 Å².